The maximum Gasteiger partial charge on any atom is 0.283 e. The van der Waals surface area contributed by atoms with Crippen LogP contribution < -0.4 is 16.0 Å². The first-order chi connectivity index (χ1) is 6.19. The molecule has 1 heterocycles. The molecule has 0 spiro atoms. The molecule has 1 amide bonds. The fourth-order valence-electron chi connectivity index (χ4n) is 0.767. The van der Waals surface area contributed by atoms with E-state index in [-0.39, 0.29) is 5.69 Å². The monoisotopic (exact) mass is 245 g/mol. The maximum absolute atomic E-state index is 11.0. The second kappa shape index (κ2) is 4.20. The highest BCUT2D eigenvalue weighted by Gasteiger charge is 2.08. The van der Waals surface area contributed by atoms with Crippen molar-refractivity contribution in [2.45, 2.75) is 0 Å². The van der Waals surface area contributed by atoms with Crippen LogP contribution in [0.15, 0.2) is 16.6 Å². The molecule has 0 saturated heterocycles. The summed E-state index contributed by atoms with van der Waals surface area (Å²) in [6.07, 6.45) is 0. The predicted molar refractivity (Wildman–Crippen MR) is 50.1 cm³/mol. The number of hydrogen-bond donors (Lipinski definition) is 2. The lowest BCUT2D eigenvalue weighted by atomic mass is 10.3. The van der Waals surface area contributed by atoms with Crippen LogP contribution in [0.1, 0.15) is 10.5 Å². The molecule has 3 N–H and O–H groups in total. The van der Waals surface area contributed by atoms with Crippen LogP contribution in [0.2, 0.25) is 0 Å². The van der Waals surface area contributed by atoms with E-state index in [1.807, 2.05) is 5.43 Å². The van der Waals surface area contributed by atoms with Gasteiger partial charge in [0.25, 0.3) is 5.91 Å². The first-order valence-electron chi connectivity index (χ1n) is 3.40. The number of nitrogens with one attached hydrogen (secondary N) is 1. The summed E-state index contributed by atoms with van der Waals surface area (Å²) >= 11 is 3.21. The summed E-state index contributed by atoms with van der Waals surface area (Å²) in [7, 11) is 1.47. The first-order valence-corrected chi connectivity index (χ1v) is 4.20. The van der Waals surface area contributed by atoms with Crippen molar-refractivity contribution >= 4 is 21.8 Å². The lowest BCUT2D eigenvalue weighted by Crippen LogP contribution is -2.30. The molecule has 13 heavy (non-hydrogen) atoms. The third-order valence-corrected chi connectivity index (χ3v) is 1.97. The van der Waals surface area contributed by atoms with E-state index in [9.17, 15) is 4.79 Å². The van der Waals surface area contributed by atoms with Crippen LogP contribution in [0, 0.1) is 0 Å². The molecular formula is C7H8BrN3O2. The van der Waals surface area contributed by atoms with Crippen LogP contribution in [0.4, 0.5) is 0 Å². The number of amides is 1. The zero-order valence-corrected chi connectivity index (χ0v) is 8.46. The van der Waals surface area contributed by atoms with Gasteiger partial charge in [-0.15, -0.1) is 0 Å². The summed E-state index contributed by atoms with van der Waals surface area (Å²) < 4.78 is 5.59. The van der Waals surface area contributed by atoms with Crippen LogP contribution >= 0.6 is 15.9 Å². The zero-order valence-electron chi connectivity index (χ0n) is 6.87. The van der Waals surface area contributed by atoms with Crippen molar-refractivity contribution in [2.24, 2.45) is 5.84 Å². The average Bonchev–Trinajstić information content (AvgIpc) is 2.17. The molecule has 6 heteroatoms. The van der Waals surface area contributed by atoms with Crippen molar-refractivity contribution in [2.75, 3.05) is 7.11 Å². The second-order valence-corrected chi connectivity index (χ2v) is 3.02. The lowest BCUT2D eigenvalue weighted by Gasteiger charge is -2.03. The number of nitrogen functional groups attached to an aromatic ring is 1. The molecular weight excluding hydrogens is 238 g/mol. The van der Waals surface area contributed by atoms with Gasteiger partial charge < -0.3 is 4.74 Å². The molecule has 1 aromatic heterocycles. The molecule has 70 valence electrons. The Morgan fingerprint density at radius 1 is 1.69 bits per heavy atom. The zero-order chi connectivity index (χ0) is 9.84. The normalized spacial score (nSPS) is 9.46. The number of methoxy groups -OCH3 is 1. The lowest BCUT2D eigenvalue weighted by molar-refractivity contribution is 0.0948. The molecule has 5 nitrogen and oxygen atoms in total. The molecule has 1 rings (SSSR count). The van der Waals surface area contributed by atoms with Crippen molar-refractivity contribution in [3.63, 3.8) is 0 Å². The van der Waals surface area contributed by atoms with Gasteiger partial charge in [-0.1, -0.05) is 0 Å². The predicted octanol–water partition coefficient (Wildman–Crippen LogP) is 0.456. The van der Waals surface area contributed by atoms with E-state index in [2.05, 4.69) is 20.9 Å². The SMILES string of the molecule is COc1nc(C(=O)NN)ccc1Br. The van der Waals surface area contributed by atoms with E-state index in [0.29, 0.717) is 10.4 Å². The van der Waals surface area contributed by atoms with Crippen LogP contribution in [0.5, 0.6) is 5.88 Å². The number of hydrazine groups is 1. The molecule has 0 atom stereocenters. The molecule has 0 bridgehead atoms. The van der Waals surface area contributed by atoms with Crippen molar-refractivity contribution in [3.05, 3.63) is 22.3 Å². The molecule has 1 aromatic rings. The third-order valence-electron chi connectivity index (χ3n) is 1.37. The largest absolute Gasteiger partial charge is 0.480 e. The molecule has 0 saturated carbocycles. The van der Waals surface area contributed by atoms with Crippen LogP contribution in [0.25, 0.3) is 0 Å². The van der Waals surface area contributed by atoms with Gasteiger partial charge in [0, 0.05) is 0 Å². The van der Waals surface area contributed by atoms with E-state index in [0.717, 1.165) is 0 Å². The number of ether oxygens (including phenoxy) is 1. The van der Waals surface area contributed by atoms with Crippen LogP contribution in [-0.2, 0) is 0 Å². The van der Waals surface area contributed by atoms with Gasteiger partial charge in [-0.3, -0.25) is 10.2 Å². The fourth-order valence-corrected chi connectivity index (χ4v) is 1.15. The van der Waals surface area contributed by atoms with Gasteiger partial charge in [-0.25, -0.2) is 10.8 Å². The summed E-state index contributed by atoms with van der Waals surface area (Å²) in [5.74, 6) is 4.84. The minimum absolute atomic E-state index is 0.211. The van der Waals surface area contributed by atoms with Crippen molar-refractivity contribution in [3.8, 4) is 5.88 Å². The minimum Gasteiger partial charge on any atom is -0.480 e. The molecule has 0 radical (unpaired) electrons. The molecule has 0 unspecified atom stereocenters. The topological polar surface area (TPSA) is 77.2 Å². The summed E-state index contributed by atoms with van der Waals surface area (Å²) in [4.78, 5) is 14.9. The van der Waals surface area contributed by atoms with Crippen LogP contribution in [-0.4, -0.2) is 18.0 Å². The highest BCUT2D eigenvalue weighted by Crippen LogP contribution is 2.21. The molecule has 0 aromatic carbocycles. The van der Waals surface area contributed by atoms with Gasteiger partial charge in [-0.05, 0) is 28.1 Å². The second-order valence-electron chi connectivity index (χ2n) is 2.16. The number of nitrogens with two attached hydrogens (primary N) is 1. The average molecular weight is 246 g/mol. The standard InChI is InChI=1S/C7H8BrN3O2/c1-13-7-4(8)2-3-5(10-7)6(12)11-9/h2-3H,9H2,1H3,(H,11,12). The Morgan fingerprint density at radius 2 is 2.38 bits per heavy atom. The van der Waals surface area contributed by atoms with Crippen molar-refractivity contribution in [1.82, 2.24) is 10.4 Å². The Hall–Kier alpha value is -1.14. The Balaban J connectivity index is 3.06. The van der Waals surface area contributed by atoms with E-state index in [4.69, 9.17) is 10.6 Å². The number of nitrogens with zero attached hydrogens (tertiary/aromatic N) is 1. The Kier molecular flexibility index (Phi) is 3.21. The van der Waals surface area contributed by atoms with Gasteiger partial charge in [-0.2, -0.15) is 0 Å². The summed E-state index contributed by atoms with van der Waals surface area (Å²) in [5.41, 5.74) is 2.19. The van der Waals surface area contributed by atoms with Crippen molar-refractivity contribution in [1.29, 1.82) is 0 Å². The smallest absolute Gasteiger partial charge is 0.283 e. The van der Waals surface area contributed by atoms with Gasteiger partial charge >= 0.3 is 0 Å². The highest BCUT2D eigenvalue weighted by atomic mass is 79.9. The quantitative estimate of drug-likeness (QED) is 0.451. The number of hydrogen-bond acceptors (Lipinski definition) is 4. The Morgan fingerprint density at radius 3 is 2.92 bits per heavy atom. The summed E-state index contributed by atoms with van der Waals surface area (Å²) in [5, 5.41) is 0. The Bertz CT molecular complexity index is 330. The van der Waals surface area contributed by atoms with E-state index in [1.165, 1.54) is 13.2 Å². The number of halogens is 1. The van der Waals surface area contributed by atoms with Gasteiger partial charge in [0.2, 0.25) is 5.88 Å². The number of pyridine rings is 1. The van der Waals surface area contributed by atoms with E-state index < -0.39 is 5.91 Å². The molecule has 0 aliphatic carbocycles. The van der Waals surface area contributed by atoms with E-state index >= 15 is 0 Å². The van der Waals surface area contributed by atoms with Gasteiger partial charge in [0.05, 0.1) is 11.6 Å². The third kappa shape index (κ3) is 2.16. The molecule has 0 fully saturated rings. The van der Waals surface area contributed by atoms with E-state index in [1.54, 1.807) is 6.07 Å². The van der Waals surface area contributed by atoms with Crippen molar-refractivity contribution < 1.29 is 9.53 Å². The number of carbonyl (C=O) groups excluding carboxylic acids is 1. The summed E-state index contributed by atoms with van der Waals surface area (Å²) in [6.45, 7) is 0. The van der Waals surface area contributed by atoms with Gasteiger partial charge in [0.1, 0.15) is 5.69 Å². The first kappa shape index (κ1) is 9.94. The Labute approximate surface area is 83.4 Å². The number of carbonyl (C=O) groups is 1. The molecule has 0 aliphatic rings. The highest BCUT2D eigenvalue weighted by molar-refractivity contribution is 9.10. The maximum atomic E-state index is 11.0. The number of aromatic nitrogens is 1. The van der Waals surface area contributed by atoms with Crippen LogP contribution in [0.3, 0.4) is 0 Å². The van der Waals surface area contributed by atoms with Gasteiger partial charge in [0.15, 0.2) is 0 Å². The summed E-state index contributed by atoms with van der Waals surface area (Å²) in [6, 6.07) is 3.20. The fraction of sp³-hybridized carbons (Fsp3) is 0.143. The number of rotatable bonds is 2. The minimum atomic E-state index is -0.453. The molecule has 0 aliphatic heterocycles.